The lowest BCUT2D eigenvalue weighted by Crippen LogP contribution is -2.38. The van der Waals surface area contributed by atoms with E-state index >= 15 is 0 Å². The second kappa shape index (κ2) is 7.46. The van der Waals surface area contributed by atoms with Gasteiger partial charge in [-0.1, -0.05) is 11.6 Å². The maximum atomic E-state index is 12.2. The normalized spacial score (nSPS) is 14.9. The number of anilines is 1. The van der Waals surface area contributed by atoms with Crippen molar-refractivity contribution in [1.29, 1.82) is 0 Å². The van der Waals surface area contributed by atoms with Gasteiger partial charge in [-0.25, -0.2) is 0 Å². The van der Waals surface area contributed by atoms with Crippen LogP contribution in [0.1, 0.15) is 32.6 Å². The van der Waals surface area contributed by atoms with Crippen LogP contribution in [0.4, 0.5) is 5.69 Å². The van der Waals surface area contributed by atoms with Crippen LogP contribution in [-0.4, -0.2) is 36.3 Å². The minimum Gasteiger partial charge on any atom is -0.343 e. The number of rotatable bonds is 4. The van der Waals surface area contributed by atoms with E-state index in [9.17, 15) is 9.59 Å². The molecule has 0 radical (unpaired) electrons. The van der Waals surface area contributed by atoms with Gasteiger partial charge in [0.25, 0.3) is 0 Å². The molecule has 5 heteroatoms. The maximum Gasteiger partial charge on any atom is 0.224 e. The molecule has 4 nitrogen and oxygen atoms in total. The van der Waals surface area contributed by atoms with Crippen molar-refractivity contribution in [3.05, 3.63) is 29.3 Å². The monoisotopic (exact) mass is 308 g/mol. The van der Waals surface area contributed by atoms with E-state index in [-0.39, 0.29) is 11.8 Å². The van der Waals surface area contributed by atoms with Gasteiger partial charge in [0.1, 0.15) is 0 Å². The molecule has 2 amide bonds. The summed E-state index contributed by atoms with van der Waals surface area (Å²) in [6.45, 7) is 3.62. The van der Waals surface area contributed by atoms with Crippen molar-refractivity contribution in [3.8, 4) is 0 Å². The predicted octanol–water partition coefficient (Wildman–Crippen LogP) is 3.10. The standard InChI is InChI=1S/C16H21ClN2O2/c1-13(20)19(15-7-5-14(17)6-8-15)12-9-16(21)18-10-3-2-4-11-18/h5-8H,2-4,9-12H2,1H3. The van der Waals surface area contributed by atoms with Crippen molar-refractivity contribution in [1.82, 2.24) is 4.90 Å². The molecule has 0 spiro atoms. The third-order valence-corrected chi connectivity index (χ3v) is 4.03. The molecule has 1 aliphatic rings. The molecule has 0 aliphatic carbocycles. The number of halogens is 1. The van der Waals surface area contributed by atoms with Crippen LogP contribution in [0.15, 0.2) is 24.3 Å². The average molecular weight is 309 g/mol. The molecular formula is C16H21ClN2O2. The molecule has 2 rings (SSSR count). The van der Waals surface area contributed by atoms with Crippen LogP contribution in [-0.2, 0) is 9.59 Å². The van der Waals surface area contributed by atoms with Crippen LogP contribution in [0.2, 0.25) is 5.02 Å². The molecule has 0 atom stereocenters. The Morgan fingerprint density at radius 1 is 1.14 bits per heavy atom. The maximum absolute atomic E-state index is 12.2. The number of benzene rings is 1. The van der Waals surface area contributed by atoms with E-state index in [4.69, 9.17) is 11.6 Å². The third kappa shape index (κ3) is 4.46. The Bertz CT molecular complexity index is 496. The van der Waals surface area contributed by atoms with Gasteiger partial charge in [-0.2, -0.15) is 0 Å². The van der Waals surface area contributed by atoms with E-state index in [2.05, 4.69) is 0 Å². The second-order valence-electron chi connectivity index (χ2n) is 5.34. The number of hydrogen-bond donors (Lipinski definition) is 0. The minimum atomic E-state index is -0.0660. The molecule has 1 aliphatic heterocycles. The van der Waals surface area contributed by atoms with E-state index in [1.54, 1.807) is 29.2 Å². The summed E-state index contributed by atoms with van der Waals surface area (Å²) in [6.07, 6.45) is 3.73. The van der Waals surface area contributed by atoms with Gasteiger partial charge in [-0.15, -0.1) is 0 Å². The lowest BCUT2D eigenvalue weighted by Gasteiger charge is -2.28. The zero-order chi connectivity index (χ0) is 15.2. The fourth-order valence-corrected chi connectivity index (χ4v) is 2.72. The van der Waals surface area contributed by atoms with Crippen molar-refractivity contribution in [3.63, 3.8) is 0 Å². The molecule has 114 valence electrons. The second-order valence-corrected chi connectivity index (χ2v) is 5.77. The molecular weight excluding hydrogens is 288 g/mol. The van der Waals surface area contributed by atoms with Gasteiger partial charge in [-0.05, 0) is 43.5 Å². The summed E-state index contributed by atoms with van der Waals surface area (Å²) in [5.74, 6) is 0.0682. The Morgan fingerprint density at radius 3 is 2.33 bits per heavy atom. The first-order chi connectivity index (χ1) is 10.1. The Morgan fingerprint density at radius 2 is 1.76 bits per heavy atom. The first-order valence-electron chi connectivity index (χ1n) is 7.39. The van der Waals surface area contributed by atoms with Crippen LogP contribution >= 0.6 is 11.6 Å². The van der Waals surface area contributed by atoms with Crippen LogP contribution in [0.25, 0.3) is 0 Å². The average Bonchev–Trinajstić information content (AvgIpc) is 2.49. The van der Waals surface area contributed by atoms with E-state index < -0.39 is 0 Å². The molecule has 0 bridgehead atoms. The zero-order valence-corrected chi connectivity index (χ0v) is 13.1. The Hall–Kier alpha value is -1.55. The highest BCUT2D eigenvalue weighted by Gasteiger charge is 2.19. The molecule has 21 heavy (non-hydrogen) atoms. The molecule has 0 aromatic heterocycles. The Kier molecular flexibility index (Phi) is 5.62. The number of likely N-dealkylation sites (tertiary alicyclic amines) is 1. The van der Waals surface area contributed by atoms with E-state index in [1.807, 2.05) is 4.90 Å². The van der Waals surface area contributed by atoms with Crippen LogP contribution in [0.5, 0.6) is 0 Å². The fourth-order valence-electron chi connectivity index (χ4n) is 2.60. The molecule has 0 N–H and O–H groups in total. The molecule has 0 saturated carbocycles. The summed E-state index contributed by atoms with van der Waals surface area (Å²) >= 11 is 5.86. The first-order valence-corrected chi connectivity index (χ1v) is 7.77. The van der Waals surface area contributed by atoms with E-state index in [0.717, 1.165) is 31.6 Å². The van der Waals surface area contributed by atoms with Crippen molar-refractivity contribution in [2.75, 3.05) is 24.5 Å². The minimum absolute atomic E-state index is 0.0660. The van der Waals surface area contributed by atoms with Crippen molar-refractivity contribution in [2.45, 2.75) is 32.6 Å². The summed E-state index contributed by atoms with van der Waals surface area (Å²) in [6, 6.07) is 7.10. The van der Waals surface area contributed by atoms with Gasteiger partial charge >= 0.3 is 0 Å². The van der Waals surface area contributed by atoms with Crippen molar-refractivity contribution in [2.24, 2.45) is 0 Å². The quantitative estimate of drug-likeness (QED) is 0.857. The molecule has 1 fully saturated rings. The highest BCUT2D eigenvalue weighted by molar-refractivity contribution is 6.30. The predicted molar refractivity (Wildman–Crippen MR) is 84.5 cm³/mol. The largest absolute Gasteiger partial charge is 0.343 e. The number of hydrogen-bond acceptors (Lipinski definition) is 2. The van der Waals surface area contributed by atoms with Crippen LogP contribution in [0.3, 0.4) is 0 Å². The Balaban J connectivity index is 1.95. The fraction of sp³-hybridized carbons (Fsp3) is 0.500. The van der Waals surface area contributed by atoms with E-state index in [0.29, 0.717) is 18.0 Å². The highest BCUT2D eigenvalue weighted by Crippen LogP contribution is 2.19. The van der Waals surface area contributed by atoms with Crippen LogP contribution in [0, 0.1) is 0 Å². The number of carbonyl (C=O) groups is 2. The Labute approximate surface area is 130 Å². The molecule has 1 saturated heterocycles. The van der Waals surface area contributed by atoms with Gasteiger partial charge in [0, 0.05) is 43.7 Å². The van der Waals surface area contributed by atoms with Gasteiger partial charge in [0.2, 0.25) is 11.8 Å². The van der Waals surface area contributed by atoms with Gasteiger partial charge < -0.3 is 9.80 Å². The van der Waals surface area contributed by atoms with E-state index in [1.165, 1.54) is 13.3 Å². The SMILES string of the molecule is CC(=O)N(CCC(=O)N1CCCCC1)c1ccc(Cl)cc1. The number of amides is 2. The summed E-state index contributed by atoms with van der Waals surface area (Å²) in [5, 5.41) is 0.631. The molecule has 1 heterocycles. The molecule has 1 aromatic rings. The number of piperidine rings is 1. The third-order valence-electron chi connectivity index (χ3n) is 3.78. The molecule has 0 unspecified atom stereocenters. The smallest absolute Gasteiger partial charge is 0.224 e. The van der Waals surface area contributed by atoms with Gasteiger partial charge in [-0.3, -0.25) is 9.59 Å². The number of nitrogens with zero attached hydrogens (tertiary/aromatic N) is 2. The van der Waals surface area contributed by atoms with Gasteiger partial charge in [0.15, 0.2) is 0 Å². The number of carbonyl (C=O) groups excluding carboxylic acids is 2. The van der Waals surface area contributed by atoms with Gasteiger partial charge in [0.05, 0.1) is 0 Å². The lowest BCUT2D eigenvalue weighted by atomic mass is 10.1. The lowest BCUT2D eigenvalue weighted by molar-refractivity contribution is -0.131. The first kappa shape index (κ1) is 15.8. The summed E-state index contributed by atoms with van der Waals surface area (Å²) in [5.41, 5.74) is 0.776. The van der Waals surface area contributed by atoms with Crippen molar-refractivity contribution >= 4 is 29.1 Å². The summed E-state index contributed by atoms with van der Waals surface area (Å²) < 4.78 is 0. The highest BCUT2D eigenvalue weighted by atomic mass is 35.5. The topological polar surface area (TPSA) is 40.6 Å². The van der Waals surface area contributed by atoms with Crippen LogP contribution < -0.4 is 4.90 Å². The zero-order valence-electron chi connectivity index (χ0n) is 12.3. The summed E-state index contributed by atoms with van der Waals surface area (Å²) in [4.78, 5) is 27.5. The van der Waals surface area contributed by atoms with Crippen molar-refractivity contribution < 1.29 is 9.59 Å². The molecule has 1 aromatic carbocycles. The summed E-state index contributed by atoms with van der Waals surface area (Å²) in [7, 11) is 0.